The average Bonchev–Trinajstić information content (AvgIpc) is 2.81. The summed E-state index contributed by atoms with van der Waals surface area (Å²) >= 11 is 0. The van der Waals surface area contributed by atoms with Gasteiger partial charge in [0.25, 0.3) is 0 Å². The number of benzene rings is 3. The van der Waals surface area contributed by atoms with E-state index in [0.29, 0.717) is 0 Å². The van der Waals surface area contributed by atoms with Gasteiger partial charge in [0.05, 0.1) is 6.16 Å². The van der Waals surface area contributed by atoms with Crippen LogP contribution in [0.2, 0.25) is 0 Å². The molecule has 0 saturated heterocycles. The van der Waals surface area contributed by atoms with E-state index < -0.39 is 17.5 Å². The summed E-state index contributed by atoms with van der Waals surface area (Å²) in [5.74, 6) is 0. The smallest absolute Gasteiger partial charge is 0.112 e. The standard InChI is InChI=1S/C27H28P.ClHO4/c1-27(20-12-5-13-21-27)22-23-28(24-14-6-2-7-15-24,25-16-8-3-9-17-25)26-18-10-4-11-19-26;2-1(3,4)5/h2-4,6-21H,5,22-23H2,1H3;(H,2,3,4,5)/q+1;/p-1. The SMILES string of the molecule is CC1(CC[P+](c2ccccc2)(c2ccccc2)c2ccccc2)C=CCC=C1.[O-][Cl+3]([O-])([O-])[O-]. The monoisotopic (exact) mass is 482 g/mol. The predicted molar refractivity (Wildman–Crippen MR) is 126 cm³/mol. The van der Waals surface area contributed by atoms with Gasteiger partial charge in [-0.3, -0.25) is 0 Å². The molecule has 0 unspecified atom stereocenters. The van der Waals surface area contributed by atoms with Gasteiger partial charge in [0, 0.05) is 5.41 Å². The molecule has 0 N–H and O–H groups in total. The first-order valence-corrected chi connectivity index (χ1v) is 14.0. The molecule has 0 aliphatic heterocycles. The fourth-order valence-corrected chi connectivity index (χ4v) is 8.80. The van der Waals surface area contributed by atoms with Crippen LogP contribution in [-0.2, 0) is 0 Å². The first-order chi connectivity index (χ1) is 15.7. The van der Waals surface area contributed by atoms with Gasteiger partial charge in [0.2, 0.25) is 0 Å². The van der Waals surface area contributed by atoms with Gasteiger partial charge in [0.15, 0.2) is 0 Å². The van der Waals surface area contributed by atoms with Crippen LogP contribution in [0.25, 0.3) is 0 Å². The van der Waals surface area contributed by atoms with Crippen molar-refractivity contribution in [3.8, 4) is 0 Å². The molecule has 3 aromatic rings. The first kappa shape index (κ1) is 25.3. The lowest BCUT2D eigenvalue weighted by Crippen LogP contribution is -2.68. The van der Waals surface area contributed by atoms with E-state index in [-0.39, 0.29) is 5.41 Å². The normalized spacial score (nSPS) is 14.9. The third-order valence-electron chi connectivity index (χ3n) is 5.85. The Morgan fingerprint density at radius 1 is 0.667 bits per heavy atom. The van der Waals surface area contributed by atoms with Crippen molar-refractivity contribution in [1.29, 1.82) is 0 Å². The molecular weight excluding hydrogens is 455 g/mol. The molecule has 4 rings (SSSR count). The Morgan fingerprint density at radius 2 is 1.00 bits per heavy atom. The van der Waals surface area contributed by atoms with Gasteiger partial charge in [-0.15, -0.1) is 10.2 Å². The molecule has 0 amide bonds. The Kier molecular flexibility index (Phi) is 8.61. The van der Waals surface area contributed by atoms with Gasteiger partial charge in [-0.1, -0.05) is 85.8 Å². The highest BCUT2D eigenvalue weighted by atomic mass is 35.7. The number of rotatable bonds is 6. The molecule has 1 aliphatic rings. The fourth-order valence-electron chi connectivity index (χ4n) is 4.27. The maximum absolute atomic E-state index is 8.49. The summed E-state index contributed by atoms with van der Waals surface area (Å²) < 4.78 is 34.0. The Hall–Kier alpha value is -2.30. The summed E-state index contributed by atoms with van der Waals surface area (Å²) in [7, 11) is -6.67. The van der Waals surface area contributed by atoms with E-state index in [4.69, 9.17) is 18.6 Å². The van der Waals surface area contributed by atoms with E-state index in [1.807, 2.05) is 0 Å². The molecule has 0 spiro atoms. The minimum absolute atomic E-state index is 0.141. The Balaban J connectivity index is 0.000000555. The van der Waals surface area contributed by atoms with Crippen molar-refractivity contribution in [2.45, 2.75) is 19.8 Å². The van der Waals surface area contributed by atoms with Gasteiger partial charge >= 0.3 is 0 Å². The highest BCUT2D eigenvalue weighted by Gasteiger charge is 2.45. The van der Waals surface area contributed by atoms with Crippen LogP contribution in [0.3, 0.4) is 0 Å². The molecule has 4 nitrogen and oxygen atoms in total. The molecule has 172 valence electrons. The van der Waals surface area contributed by atoms with Crippen molar-refractivity contribution < 1.29 is 28.9 Å². The summed E-state index contributed by atoms with van der Waals surface area (Å²) in [5.41, 5.74) is 0.141. The van der Waals surface area contributed by atoms with Crippen molar-refractivity contribution in [2.75, 3.05) is 6.16 Å². The Morgan fingerprint density at radius 3 is 1.33 bits per heavy atom. The van der Waals surface area contributed by atoms with Crippen LogP contribution in [0.1, 0.15) is 19.8 Å². The molecule has 0 atom stereocenters. The third-order valence-corrected chi connectivity index (χ3v) is 10.3. The molecule has 0 bridgehead atoms. The third kappa shape index (κ3) is 7.09. The lowest BCUT2D eigenvalue weighted by Gasteiger charge is -2.32. The Labute approximate surface area is 198 Å². The summed E-state index contributed by atoms with van der Waals surface area (Å²) in [4.78, 5) is 0. The molecule has 0 fully saturated rings. The van der Waals surface area contributed by atoms with Gasteiger partial charge in [-0.25, -0.2) is 18.6 Å². The van der Waals surface area contributed by atoms with Crippen molar-refractivity contribution in [3.63, 3.8) is 0 Å². The van der Waals surface area contributed by atoms with Crippen LogP contribution in [-0.4, -0.2) is 6.16 Å². The molecule has 1 aliphatic carbocycles. The highest BCUT2D eigenvalue weighted by Crippen LogP contribution is 2.57. The van der Waals surface area contributed by atoms with Crippen LogP contribution < -0.4 is 34.5 Å². The zero-order valence-corrected chi connectivity index (χ0v) is 20.2. The van der Waals surface area contributed by atoms with Crippen molar-refractivity contribution in [2.24, 2.45) is 5.41 Å². The predicted octanol–water partition coefficient (Wildman–Crippen LogP) is 1.14. The van der Waals surface area contributed by atoms with Crippen molar-refractivity contribution >= 4 is 23.2 Å². The number of hydrogen-bond acceptors (Lipinski definition) is 4. The summed E-state index contributed by atoms with van der Waals surface area (Å²) in [5, 5.41) is 4.42. The van der Waals surface area contributed by atoms with E-state index in [1.165, 1.54) is 15.9 Å². The lowest BCUT2D eigenvalue weighted by atomic mass is 9.84. The summed E-state index contributed by atoms with van der Waals surface area (Å²) in [6, 6.07) is 33.6. The molecule has 6 heteroatoms. The highest BCUT2D eigenvalue weighted by molar-refractivity contribution is 7.95. The first-order valence-electron chi connectivity index (χ1n) is 10.8. The van der Waals surface area contributed by atoms with Gasteiger partial charge in [0.1, 0.15) is 23.2 Å². The Bertz CT molecular complexity index is 933. The van der Waals surface area contributed by atoms with Gasteiger partial charge in [-0.2, -0.15) is 0 Å². The van der Waals surface area contributed by atoms with Crippen LogP contribution in [0.5, 0.6) is 0 Å². The quantitative estimate of drug-likeness (QED) is 0.389. The minimum atomic E-state index is -4.94. The molecule has 3 aromatic carbocycles. The second-order valence-electron chi connectivity index (χ2n) is 8.21. The number of hydrogen-bond donors (Lipinski definition) is 0. The van der Waals surface area contributed by atoms with Crippen molar-refractivity contribution in [1.82, 2.24) is 0 Å². The zero-order chi connectivity index (χ0) is 23.8. The van der Waals surface area contributed by atoms with E-state index >= 15 is 0 Å². The van der Waals surface area contributed by atoms with Crippen LogP contribution in [0, 0.1) is 15.7 Å². The maximum Gasteiger partial charge on any atom is 0.112 e. The number of halogens is 1. The topological polar surface area (TPSA) is 92.2 Å². The van der Waals surface area contributed by atoms with Crippen molar-refractivity contribution in [3.05, 3.63) is 115 Å². The van der Waals surface area contributed by atoms with Crippen LogP contribution >= 0.6 is 7.26 Å². The van der Waals surface area contributed by atoms with E-state index in [0.717, 1.165) is 19.0 Å². The molecule has 0 heterocycles. The summed E-state index contributed by atoms with van der Waals surface area (Å²) in [6.07, 6.45) is 12.8. The minimum Gasteiger partial charge on any atom is -0.222 e. The fraction of sp³-hybridized carbons (Fsp3) is 0.185. The second-order valence-corrected chi connectivity index (χ2v) is 12.6. The molecule has 33 heavy (non-hydrogen) atoms. The zero-order valence-electron chi connectivity index (χ0n) is 18.5. The molecule has 0 saturated carbocycles. The summed E-state index contributed by atoms with van der Waals surface area (Å²) in [6.45, 7) is 2.37. The van der Waals surface area contributed by atoms with E-state index in [9.17, 15) is 0 Å². The average molecular weight is 483 g/mol. The molecule has 0 aromatic heterocycles. The second kappa shape index (κ2) is 11.2. The van der Waals surface area contributed by atoms with E-state index in [1.54, 1.807) is 0 Å². The largest absolute Gasteiger partial charge is 0.222 e. The lowest BCUT2D eigenvalue weighted by molar-refractivity contribution is -2.00. The maximum atomic E-state index is 8.49. The molecule has 0 radical (unpaired) electrons. The number of allylic oxidation sites excluding steroid dienone is 4. The molecular formula is C27H28ClO4P. The van der Waals surface area contributed by atoms with Crippen LogP contribution in [0.4, 0.5) is 0 Å². The van der Waals surface area contributed by atoms with Crippen LogP contribution in [0.15, 0.2) is 115 Å². The van der Waals surface area contributed by atoms with E-state index in [2.05, 4.69) is 122 Å². The van der Waals surface area contributed by atoms with Gasteiger partial charge in [-0.05, 0) is 49.2 Å². The van der Waals surface area contributed by atoms with Gasteiger partial charge < -0.3 is 0 Å².